The van der Waals surface area contributed by atoms with Crippen LogP contribution in [0.1, 0.15) is 16.7 Å². The molecule has 2 heterocycles. The van der Waals surface area contributed by atoms with Crippen molar-refractivity contribution in [3.05, 3.63) is 41.1 Å². The molecule has 0 radical (unpaired) electrons. The Kier molecular flexibility index (Phi) is 4.08. The summed E-state index contributed by atoms with van der Waals surface area (Å²) in [6, 6.07) is 6.62. The molecule has 21 heavy (non-hydrogen) atoms. The van der Waals surface area contributed by atoms with Crippen LogP contribution in [0, 0.1) is 13.8 Å². The molecule has 0 spiro atoms. The number of piperazine rings is 1. The fraction of sp³-hybridized carbons (Fsp3) is 0.471. The van der Waals surface area contributed by atoms with Gasteiger partial charge in [0.25, 0.3) is 0 Å². The first kappa shape index (κ1) is 14.3. The van der Waals surface area contributed by atoms with E-state index in [1.807, 2.05) is 11.7 Å². The van der Waals surface area contributed by atoms with E-state index in [9.17, 15) is 0 Å². The number of nitrogens with zero attached hydrogens (tertiary/aromatic N) is 3. The topological polar surface area (TPSA) is 33.1 Å². The molecule has 0 unspecified atom stereocenters. The Hall–Kier alpha value is -1.65. The third-order valence-corrected chi connectivity index (χ3v) is 4.29. The number of nitrogens with one attached hydrogen (secondary N) is 1. The molecule has 1 aliphatic rings. The lowest BCUT2D eigenvalue weighted by Gasteiger charge is -2.27. The van der Waals surface area contributed by atoms with Crippen LogP contribution in [0.4, 0.5) is 0 Å². The van der Waals surface area contributed by atoms with Gasteiger partial charge in [-0.2, -0.15) is 5.10 Å². The molecule has 0 bridgehead atoms. The van der Waals surface area contributed by atoms with Crippen LogP contribution in [0.5, 0.6) is 0 Å². The number of aromatic nitrogens is 2. The van der Waals surface area contributed by atoms with Crippen molar-refractivity contribution < 1.29 is 0 Å². The van der Waals surface area contributed by atoms with Crippen LogP contribution in [0.2, 0.25) is 0 Å². The molecule has 112 valence electrons. The molecule has 0 saturated carbocycles. The molecular weight excluding hydrogens is 260 g/mol. The lowest BCUT2D eigenvalue weighted by molar-refractivity contribution is 0.233. The van der Waals surface area contributed by atoms with Gasteiger partial charge in [-0.05, 0) is 31.0 Å². The second kappa shape index (κ2) is 6.00. The standard InChI is InChI=1S/C17H24N4/c1-13-4-5-15(10-14(13)2)17-16(11-20(3)19-17)12-21-8-6-18-7-9-21/h4-5,10-11,18H,6-9,12H2,1-3H3. The molecule has 1 aromatic carbocycles. The molecule has 1 aliphatic heterocycles. The van der Waals surface area contributed by atoms with Crippen LogP contribution in [-0.4, -0.2) is 40.9 Å². The summed E-state index contributed by atoms with van der Waals surface area (Å²) in [7, 11) is 2.01. The Morgan fingerprint density at radius 3 is 2.62 bits per heavy atom. The third-order valence-electron chi connectivity index (χ3n) is 4.29. The number of rotatable bonds is 3. The highest BCUT2D eigenvalue weighted by molar-refractivity contribution is 5.64. The Labute approximate surface area is 126 Å². The quantitative estimate of drug-likeness (QED) is 0.937. The van der Waals surface area contributed by atoms with Crippen molar-refractivity contribution in [3.8, 4) is 11.3 Å². The van der Waals surface area contributed by atoms with Crippen LogP contribution in [0.25, 0.3) is 11.3 Å². The van der Waals surface area contributed by atoms with E-state index < -0.39 is 0 Å². The van der Waals surface area contributed by atoms with E-state index >= 15 is 0 Å². The summed E-state index contributed by atoms with van der Waals surface area (Å²) in [4.78, 5) is 2.50. The fourth-order valence-corrected chi connectivity index (χ4v) is 2.90. The Balaban J connectivity index is 1.89. The maximum atomic E-state index is 4.69. The van der Waals surface area contributed by atoms with E-state index in [0.29, 0.717) is 0 Å². The van der Waals surface area contributed by atoms with E-state index in [1.165, 1.54) is 22.3 Å². The molecule has 0 amide bonds. The van der Waals surface area contributed by atoms with Gasteiger partial charge in [-0.1, -0.05) is 12.1 Å². The number of benzene rings is 1. The first-order valence-electron chi connectivity index (χ1n) is 7.67. The minimum atomic E-state index is 0.984. The first-order valence-corrected chi connectivity index (χ1v) is 7.67. The summed E-state index contributed by atoms with van der Waals surface area (Å²) in [5.74, 6) is 0. The van der Waals surface area contributed by atoms with Gasteiger partial charge in [-0.3, -0.25) is 9.58 Å². The molecule has 1 aromatic heterocycles. The molecule has 1 saturated heterocycles. The summed E-state index contributed by atoms with van der Waals surface area (Å²) in [5.41, 5.74) is 6.33. The maximum Gasteiger partial charge on any atom is 0.0968 e. The second-order valence-corrected chi connectivity index (χ2v) is 6.00. The summed E-state index contributed by atoms with van der Waals surface area (Å²) in [6.07, 6.45) is 2.16. The SMILES string of the molecule is Cc1ccc(-c2nn(C)cc2CN2CCNCC2)cc1C. The van der Waals surface area contributed by atoms with Gasteiger partial charge in [-0.15, -0.1) is 0 Å². The smallest absolute Gasteiger partial charge is 0.0968 e. The normalized spacial score (nSPS) is 16.3. The summed E-state index contributed by atoms with van der Waals surface area (Å²) in [5, 5.41) is 8.09. The highest BCUT2D eigenvalue weighted by Crippen LogP contribution is 2.25. The molecule has 4 nitrogen and oxygen atoms in total. The van der Waals surface area contributed by atoms with E-state index in [2.05, 4.69) is 48.5 Å². The largest absolute Gasteiger partial charge is 0.314 e. The second-order valence-electron chi connectivity index (χ2n) is 6.00. The number of aryl methyl sites for hydroxylation is 3. The van der Waals surface area contributed by atoms with Crippen LogP contribution in [0.15, 0.2) is 24.4 Å². The summed E-state index contributed by atoms with van der Waals surface area (Å²) in [6.45, 7) is 9.69. The van der Waals surface area contributed by atoms with Gasteiger partial charge in [0.05, 0.1) is 5.69 Å². The monoisotopic (exact) mass is 284 g/mol. The summed E-state index contributed by atoms with van der Waals surface area (Å²) >= 11 is 0. The van der Waals surface area contributed by atoms with Crippen molar-refractivity contribution in [1.82, 2.24) is 20.0 Å². The van der Waals surface area contributed by atoms with E-state index in [4.69, 9.17) is 5.10 Å². The highest BCUT2D eigenvalue weighted by atomic mass is 15.3. The first-order chi connectivity index (χ1) is 10.1. The van der Waals surface area contributed by atoms with Crippen LogP contribution < -0.4 is 5.32 Å². The zero-order valence-electron chi connectivity index (χ0n) is 13.2. The lowest BCUT2D eigenvalue weighted by atomic mass is 10.0. The zero-order chi connectivity index (χ0) is 14.8. The molecule has 4 heteroatoms. The Bertz CT molecular complexity index is 624. The van der Waals surface area contributed by atoms with Crippen LogP contribution in [-0.2, 0) is 13.6 Å². The van der Waals surface area contributed by atoms with Crippen molar-refractivity contribution in [2.24, 2.45) is 7.05 Å². The van der Waals surface area contributed by atoms with Crippen LogP contribution >= 0.6 is 0 Å². The molecule has 1 N–H and O–H groups in total. The highest BCUT2D eigenvalue weighted by Gasteiger charge is 2.16. The van der Waals surface area contributed by atoms with Gasteiger partial charge < -0.3 is 5.32 Å². The minimum absolute atomic E-state index is 0.984. The van der Waals surface area contributed by atoms with Crippen molar-refractivity contribution >= 4 is 0 Å². The van der Waals surface area contributed by atoms with E-state index in [0.717, 1.165) is 38.4 Å². The average Bonchev–Trinajstić information content (AvgIpc) is 2.84. The van der Waals surface area contributed by atoms with Gasteiger partial charge in [0.15, 0.2) is 0 Å². The Morgan fingerprint density at radius 1 is 1.14 bits per heavy atom. The molecule has 3 rings (SSSR count). The fourth-order valence-electron chi connectivity index (χ4n) is 2.90. The van der Waals surface area contributed by atoms with Crippen molar-refractivity contribution in [2.45, 2.75) is 20.4 Å². The predicted octanol–water partition coefficient (Wildman–Crippen LogP) is 2.11. The maximum absolute atomic E-state index is 4.69. The van der Waals surface area contributed by atoms with Gasteiger partial charge in [0, 0.05) is 57.1 Å². The Morgan fingerprint density at radius 2 is 1.90 bits per heavy atom. The van der Waals surface area contributed by atoms with E-state index in [1.54, 1.807) is 0 Å². The predicted molar refractivity (Wildman–Crippen MR) is 86.3 cm³/mol. The van der Waals surface area contributed by atoms with Crippen molar-refractivity contribution in [3.63, 3.8) is 0 Å². The van der Waals surface area contributed by atoms with Crippen molar-refractivity contribution in [2.75, 3.05) is 26.2 Å². The third kappa shape index (κ3) is 3.17. The number of hydrogen-bond donors (Lipinski definition) is 1. The molecule has 0 atom stereocenters. The number of hydrogen-bond acceptors (Lipinski definition) is 3. The molecular formula is C17H24N4. The van der Waals surface area contributed by atoms with Gasteiger partial charge in [0.2, 0.25) is 0 Å². The van der Waals surface area contributed by atoms with E-state index in [-0.39, 0.29) is 0 Å². The summed E-state index contributed by atoms with van der Waals surface area (Å²) < 4.78 is 1.93. The molecule has 0 aliphatic carbocycles. The lowest BCUT2D eigenvalue weighted by Crippen LogP contribution is -2.42. The van der Waals surface area contributed by atoms with Crippen LogP contribution in [0.3, 0.4) is 0 Å². The molecule has 2 aromatic rings. The van der Waals surface area contributed by atoms with Gasteiger partial charge in [-0.25, -0.2) is 0 Å². The van der Waals surface area contributed by atoms with Crippen molar-refractivity contribution in [1.29, 1.82) is 0 Å². The average molecular weight is 284 g/mol. The molecule has 1 fully saturated rings. The van der Waals surface area contributed by atoms with Gasteiger partial charge in [0.1, 0.15) is 0 Å². The van der Waals surface area contributed by atoms with Gasteiger partial charge >= 0.3 is 0 Å². The minimum Gasteiger partial charge on any atom is -0.314 e. The zero-order valence-corrected chi connectivity index (χ0v) is 13.2.